The van der Waals surface area contributed by atoms with E-state index in [0.717, 1.165) is 34.1 Å². The van der Waals surface area contributed by atoms with Crippen LogP contribution < -0.4 is 9.80 Å². The average molecular weight is 693 g/mol. The number of anilines is 6. The summed E-state index contributed by atoms with van der Waals surface area (Å²) in [5, 5.41) is 12.9. The van der Waals surface area contributed by atoms with Crippen molar-refractivity contribution in [3.63, 3.8) is 0 Å². The first-order chi connectivity index (χ1) is 26.4. The Hall–Kier alpha value is -6.64. The van der Waals surface area contributed by atoms with Crippen molar-refractivity contribution in [2.75, 3.05) is 9.80 Å². The number of hydrogen-bond donors (Lipinski definition) is 0. The van der Waals surface area contributed by atoms with E-state index in [2.05, 4.69) is 207 Å². The first-order valence-electron chi connectivity index (χ1n) is 18.9. The molecule has 258 valence electrons. The molecule has 0 N–H and O–H groups in total. The predicted molar refractivity (Wildman–Crippen MR) is 233 cm³/mol. The largest absolute Gasteiger partial charge is 0.310 e. The molecule has 0 bridgehead atoms. The van der Waals surface area contributed by atoms with Crippen LogP contribution in [0.5, 0.6) is 0 Å². The van der Waals surface area contributed by atoms with E-state index in [-0.39, 0.29) is 0 Å². The highest BCUT2D eigenvalue weighted by Gasteiger charge is 2.24. The highest BCUT2D eigenvalue weighted by atomic mass is 15.1. The van der Waals surface area contributed by atoms with Gasteiger partial charge >= 0.3 is 0 Å². The van der Waals surface area contributed by atoms with E-state index in [1.165, 1.54) is 76.1 Å². The Morgan fingerprint density at radius 3 is 0.685 bits per heavy atom. The number of benzene rings is 10. The zero-order valence-corrected chi connectivity index (χ0v) is 31.1. The van der Waals surface area contributed by atoms with Crippen LogP contribution in [-0.4, -0.2) is 0 Å². The lowest BCUT2D eigenvalue weighted by Gasteiger charge is -2.29. The molecule has 0 aliphatic heterocycles. The van der Waals surface area contributed by atoms with Crippen molar-refractivity contribution in [3.8, 4) is 0 Å². The third-order valence-corrected chi connectivity index (χ3v) is 11.5. The van der Waals surface area contributed by atoms with Gasteiger partial charge in [0.2, 0.25) is 0 Å². The molecule has 10 rings (SSSR count). The Kier molecular flexibility index (Phi) is 7.42. The summed E-state index contributed by atoms with van der Waals surface area (Å²) < 4.78 is 0. The Balaban J connectivity index is 1.41. The fourth-order valence-electron chi connectivity index (χ4n) is 8.63. The summed E-state index contributed by atoms with van der Waals surface area (Å²) in [6.07, 6.45) is 0. The maximum atomic E-state index is 2.44. The highest BCUT2D eigenvalue weighted by molar-refractivity contribution is 6.41. The summed E-state index contributed by atoms with van der Waals surface area (Å²) in [6, 6.07) is 62.6. The van der Waals surface area contributed by atoms with Crippen molar-refractivity contribution >= 4 is 88.0 Å². The smallest absolute Gasteiger partial charge is 0.0474 e. The summed E-state index contributed by atoms with van der Waals surface area (Å²) in [4.78, 5) is 4.81. The number of rotatable bonds is 6. The molecule has 0 spiro atoms. The predicted octanol–water partition coefficient (Wildman–Crippen LogP) is 15.1. The Morgan fingerprint density at radius 1 is 0.241 bits per heavy atom. The third-order valence-electron chi connectivity index (χ3n) is 11.5. The van der Waals surface area contributed by atoms with E-state index in [1.807, 2.05) is 0 Å². The zero-order valence-electron chi connectivity index (χ0n) is 31.1. The SMILES string of the molecule is Cc1cc2c(cc1C)c1cc(N(c3ccccc3)c3ccccc3)cc3c4cc(C)c(C)cc4c4cc(N(c5ccccc5)c5ccccc5)cc2c4c13. The lowest BCUT2D eigenvalue weighted by atomic mass is 9.83. The van der Waals surface area contributed by atoms with Gasteiger partial charge in [-0.2, -0.15) is 0 Å². The van der Waals surface area contributed by atoms with Gasteiger partial charge in [-0.3, -0.25) is 0 Å². The van der Waals surface area contributed by atoms with Crippen LogP contribution in [0.2, 0.25) is 0 Å². The van der Waals surface area contributed by atoms with Crippen molar-refractivity contribution in [2.45, 2.75) is 27.7 Å². The standard InChI is InChI=1S/C52H40N2/c1-33-25-43-44(26-34(33)2)48-30-42(54(39-21-13-7-14-22-39)40-23-15-8-16-24-40)32-50-46-28-36(4)35(3)27-45(46)49-31-41(29-47(43)51(49)52(48)50)53(37-17-9-5-10-18-37)38-19-11-6-12-20-38/h5-32H,1-4H3. The van der Waals surface area contributed by atoms with Gasteiger partial charge < -0.3 is 9.80 Å². The Labute approximate surface area is 316 Å². The zero-order chi connectivity index (χ0) is 36.5. The van der Waals surface area contributed by atoms with E-state index in [9.17, 15) is 0 Å². The maximum absolute atomic E-state index is 2.44. The van der Waals surface area contributed by atoms with Gasteiger partial charge in [0.05, 0.1) is 0 Å². The molecule has 0 radical (unpaired) electrons. The molecule has 10 aromatic rings. The van der Waals surface area contributed by atoms with Crippen LogP contribution in [-0.2, 0) is 0 Å². The van der Waals surface area contributed by atoms with Gasteiger partial charge in [0.15, 0.2) is 0 Å². The maximum Gasteiger partial charge on any atom is 0.0474 e. The van der Waals surface area contributed by atoms with Gasteiger partial charge in [-0.1, -0.05) is 97.1 Å². The lowest BCUT2D eigenvalue weighted by molar-refractivity contribution is 1.29. The van der Waals surface area contributed by atoms with Gasteiger partial charge in [-0.25, -0.2) is 0 Å². The van der Waals surface area contributed by atoms with Crippen molar-refractivity contribution in [2.24, 2.45) is 0 Å². The summed E-state index contributed by atoms with van der Waals surface area (Å²) in [5.74, 6) is 0. The molecule has 10 aromatic carbocycles. The second-order valence-electron chi connectivity index (χ2n) is 14.8. The third kappa shape index (κ3) is 5.02. The second kappa shape index (κ2) is 12.5. The van der Waals surface area contributed by atoms with E-state index in [0.29, 0.717) is 0 Å². The lowest BCUT2D eigenvalue weighted by Crippen LogP contribution is -2.10. The minimum Gasteiger partial charge on any atom is -0.310 e. The summed E-state index contributed by atoms with van der Waals surface area (Å²) in [5.41, 5.74) is 12.0. The average Bonchev–Trinajstić information content (AvgIpc) is 3.20. The first kappa shape index (κ1) is 32.0. The van der Waals surface area contributed by atoms with Crippen molar-refractivity contribution in [1.29, 1.82) is 0 Å². The molecule has 0 aromatic heterocycles. The quantitative estimate of drug-likeness (QED) is 0.126. The van der Waals surface area contributed by atoms with Crippen LogP contribution >= 0.6 is 0 Å². The molecule has 0 saturated carbocycles. The topological polar surface area (TPSA) is 6.48 Å². The Morgan fingerprint density at radius 2 is 0.463 bits per heavy atom. The normalized spacial score (nSPS) is 11.7. The van der Waals surface area contributed by atoms with Crippen molar-refractivity contribution < 1.29 is 0 Å². The molecule has 0 fully saturated rings. The molecule has 2 nitrogen and oxygen atoms in total. The minimum atomic E-state index is 1.13. The molecule has 0 heterocycles. The number of fused-ring (bicyclic) bond motifs is 6. The summed E-state index contributed by atoms with van der Waals surface area (Å²) in [7, 11) is 0. The molecular formula is C52H40N2. The van der Waals surface area contributed by atoms with Gasteiger partial charge in [-0.05, 0) is 177 Å². The van der Waals surface area contributed by atoms with E-state index in [4.69, 9.17) is 0 Å². The van der Waals surface area contributed by atoms with E-state index in [1.54, 1.807) is 0 Å². The fourth-order valence-corrected chi connectivity index (χ4v) is 8.63. The summed E-state index contributed by atoms with van der Waals surface area (Å²) >= 11 is 0. The van der Waals surface area contributed by atoms with Crippen LogP contribution in [0.3, 0.4) is 0 Å². The monoisotopic (exact) mass is 692 g/mol. The molecule has 0 unspecified atom stereocenters. The molecule has 54 heavy (non-hydrogen) atoms. The minimum absolute atomic E-state index is 1.13. The molecule has 0 saturated heterocycles. The van der Waals surface area contributed by atoms with Crippen molar-refractivity contribution in [1.82, 2.24) is 0 Å². The van der Waals surface area contributed by atoms with Crippen LogP contribution in [0.1, 0.15) is 22.3 Å². The molecule has 0 amide bonds. The number of aryl methyl sites for hydroxylation is 4. The number of para-hydroxylation sites is 4. The highest BCUT2D eigenvalue weighted by Crippen LogP contribution is 2.50. The second-order valence-corrected chi connectivity index (χ2v) is 14.8. The number of nitrogens with zero attached hydrogens (tertiary/aromatic N) is 2. The van der Waals surface area contributed by atoms with Gasteiger partial charge in [0.1, 0.15) is 0 Å². The van der Waals surface area contributed by atoms with Crippen LogP contribution in [0, 0.1) is 27.7 Å². The molecule has 0 atom stereocenters. The first-order valence-corrected chi connectivity index (χ1v) is 18.9. The molecule has 2 heteroatoms. The van der Waals surface area contributed by atoms with Crippen LogP contribution in [0.15, 0.2) is 170 Å². The van der Waals surface area contributed by atoms with Crippen LogP contribution in [0.4, 0.5) is 34.1 Å². The van der Waals surface area contributed by atoms with Crippen molar-refractivity contribution in [3.05, 3.63) is 192 Å². The van der Waals surface area contributed by atoms with E-state index < -0.39 is 0 Å². The van der Waals surface area contributed by atoms with Gasteiger partial charge in [0.25, 0.3) is 0 Å². The van der Waals surface area contributed by atoms with Gasteiger partial charge in [-0.15, -0.1) is 0 Å². The van der Waals surface area contributed by atoms with E-state index >= 15 is 0 Å². The van der Waals surface area contributed by atoms with Crippen LogP contribution in [0.25, 0.3) is 53.9 Å². The Bertz CT molecular complexity index is 2600. The fraction of sp³-hybridized carbons (Fsp3) is 0.0769. The number of hydrogen-bond acceptors (Lipinski definition) is 2. The molecule has 0 aliphatic rings. The van der Waals surface area contributed by atoms with Gasteiger partial charge in [0, 0.05) is 34.1 Å². The summed E-state index contributed by atoms with van der Waals surface area (Å²) in [6.45, 7) is 8.99. The molecule has 0 aliphatic carbocycles. The molecular weight excluding hydrogens is 653 g/mol.